The number of anilines is 2. The van der Waals surface area contributed by atoms with Crippen LogP contribution >= 0.6 is 11.6 Å². The van der Waals surface area contributed by atoms with Crippen LogP contribution in [0.5, 0.6) is 0 Å². The zero-order valence-corrected chi connectivity index (χ0v) is 14.1. The van der Waals surface area contributed by atoms with Crippen LogP contribution in [-0.2, 0) is 4.74 Å². The number of hydrogen-bond donors (Lipinski definition) is 1. The smallest absolute Gasteiger partial charge is 0.413 e. The summed E-state index contributed by atoms with van der Waals surface area (Å²) in [6.45, 7) is 9.03. The molecule has 1 aromatic heterocycles. The molecule has 1 aliphatic rings. The summed E-state index contributed by atoms with van der Waals surface area (Å²) < 4.78 is 5.21. The van der Waals surface area contributed by atoms with E-state index in [2.05, 4.69) is 32.1 Å². The van der Waals surface area contributed by atoms with Gasteiger partial charge in [-0.2, -0.15) is 0 Å². The molecule has 1 aliphatic heterocycles. The minimum absolute atomic E-state index is 0.0995. The fourth-order valence-electron chi connectivity index (χ4n) is 2.08. The van der Waals surface area contributed by atoms with Crippen LogP contribution in [0.15, 0.2) is 6.07 Å². The van der Waals surface area contributed by atoms with Gasteiger partial charge in [0.05, 0.1) is 0 Å². The molecule has 0 saturated carbocycles. The maximum atomic E-state index is 11.8. The van der Waals surface area contributed by atoms with E-state index in [9.17, 15) is 4.79 Å². The fourth-order valence-corrected chi connectivity index (χ4v) is 2.25. The molecule has 0 aliphatic carbocycles. The molecule has 1 N–H and O–H groups in total. The number of halogens is 1. The van der Waals surface area contributed by atoms with Crippen LogP contribution < -0.4 is 10.2 Å². The third-order valence-electron chi connectivity index (χ3n) is 3.14. The van der Waals surface area contributed by atoms with E-state index in [1.165, 1.54) is 0 Å². The summed E-state index contributed by atoms with van der Waals surface area (Å²) in [6, 6.07) is 1.71. The molecule has 0 unspecified atom stereocenters. The van der Waals surface area contributed by atoms with E-state index in [1.54, 1.807) is 26.8 Å². The van der Waals surface area contributed by atoms with Gasteiger partial charge in [0.15, 0.2) is 0 Å². The summed E-state index contributed by atoms with van der Waals surface area (Å²) in [6.07, 6.45) is -0.563. The first-order chi connectivity index (χ1) is 10.2. The van der Waals surface area contributed by atoms with Gasteiger partial charge in [0.1, 0.15) is 17.2 Å². The highest BCUT2D eigenvalue weighted by Gasteiger charge is 2.19. The van der Waals surface area contributed by atoms with Crippen LogP contribution in [0.1, 0.15) is 20.8 Å². The monoisotopic (exact) mass is 327 g/mol. The molecule has 0 aromatic carbocycles. The Kier molecular flexibility index (Phi) is 5.08. The summed E-state index contributed by atoms with van der Waals surface area (Å²) in [5.41, 5.74) is -0.568. The van der Waals surface area contributed by atoms with Crippen molar-refractivity contribution in [2.75, 3.05) is 43.4 Å². The number of carbonyl (C=O) groups excluding carboxylic acids is 1. The van der Waals surface area contributed by atoms with E-state index < -0.39 is 11.7 Å². The summed E-state index contributed by atoms with van der Waals surface area (Å²) in [5, 5.41) is 2.69. The molecule has 7 nitrogen and oxygen atoms in total. The summed E-state index contributed by atoms with van der Waals surface area (Å²) in [7, 11) is 2.08. The van der Waals surface area contributed by atoms with E-state index in [1.807, 2.05) is 0 Å². The topological polar surface area (TPSA) is 70.6 Å². The molecule has 0 bridgehead atoms. The summed E-state index contributed by atoms with van der Waals surface area (Å²) in [4.78, 5) is 24.4. The second kappa shape index (κ2) is 6.66. The van der Waals surface area contributed by atoms with Crippen LogP contribution in [0.3, 0.4) is 0 Å². The van der Waals surface area contributed by atoms with Crippen molar-refractivity contribution in [2.24, 2.45) is 0 Å². The van der Waals surface area contributed by atoms with Crippen molar-refractivity contribution >= 4 is 29.3 Å². The Bertz CT molecular complexity index is 539. The van der Waals surface area contributed by atoms with Crippen molar-refractivity contribution in [1.29, 1.82) is 0 Å². The number of piperazine rings is 1. The second-order valence-corrected chi connectivity index (χ2v) is 6.64. The number of nitrogens with zero attached hydrogens (tertiary/aromatic N) is 4. The number of nitrogens with one attached hydrogen (secondary N) is 1. The fraction of sp³-hybridized carbons (Fsp3) is 0.643. The molecule has 1 saturated heterocycles. The highest BCUT2D eigenvalue weighted by atomic mass is 35.5. The van der Waals surface area contributed by atoms with Crippen molar-refractivity contribution in [3.63, 3.8) is 0 Å². The number of aromatic nitrogens is 2. The van der Waals surface area contributed by atoms with Crippen LogP contribution in [0.2, 0.25) is 5.28 Å². The highest BCUT2D eigenvalue weighted by Crippen LogP contribution is 2.20. The zero-order chi connectivity index (χ0) is 16.3. The number of carbonyl (C=O) groups is 1. The SMILES string of the molecule is CN1CCN(c2cc(NC(=O)OC(C)(C)C)nc(Cl)n2)CC1. The number of ether oxygens (including phenoxy) is 1. The Hall–Kier alpha value is -1.60. The Morgan fingerprint density at radius 3 is 2.50 bits per heavy atom. The average Bonchev–Trinajstić information content (AvgIpc) is 2.36. The van der Waals surface area contributed by atoms with Crippen LogP contribution in [0, 0.1) is 0 Å². The van der Waals surface area contributed by atoms with E-state index >= 15 is 0 Å². The van der Waals surface area contributed by atoms with Crippen LogP contribution in [0.25, 0.3) is 0 Å². The number of rotatable bonds is 2. The lowest BCUT2D eigenvalue weighted by Crippen LogP contribution is -2.44. The first kappa shape index (κ1) is 16.8. The molecule has 0 spiro atoms. The molecular weight excluding hydrogens is 306 g/mol. The van der Waals surface area contributed by atoms with Crippen molar-refractivity contribution in [1.82, 2.24) is 14.9 Å². The summed E-state index contributed by atoms with van der Waals surface area (Å²) in [5.74, 6) is 1.04. The molecule has 122 valence electrons. The Balaban J connectivity index is 2.08. The molecular formula is C14H22ClN5O2. The van der Waals surface area contributed by atoms with Crippen LogP contribution in [-0.4, -0.2) is 59.8 Å². The average molecular weight is 328 g/mol. The molecule has 8 heteroatoms. The molecule has 22 heavy (non-hydrogen) atoms. The maximum absolute atomic E-state index is 11.8. The van der Waals surface area contributed by atoms with Crippen molar-refractivity contribution in [2.45, 2.75) is 26.4 Å². The number of hydrogen-bond acceptors (Lipinski definition) is 6. The zero-order valence-electron chi connectivity index (χ0n) is 13.4. The predicted octanol–water partition coefficient (Wildman–Crippen LogP) is 2.23. The van der Waals surface area contributed by atoms with Gasteiger partial charge in [-0.15, -0.1) is 0 Å². The first-order valence-corrected chi connectivity index (χ1v) is 7.59. The number of amides is 1. The van der Waals surface area contributed by atoms with Gasteiger partial charge >= 0.3 is 6.09 Å². The third-order valence-corrected chi connectivity index (χ3v) is 3.31. The first-order valence-electron chi connectivity index (χ1n) is 7.21. The lowest BCUT2D eigenvalue weighted by molar-refractivity contribution is 0.0635. The van der Waals surface area contributed by atoms with Crippen LogP contribution in [0.4, 0.5) is 16.4 Å². The van der Waals surface area contributed by atoms with Gasteiger partial charge in [-0.25, -0.2) is 14.8 Å². The lowest BCUT2D eigenvalue weighted by atomic mass is 10.2. The Morgan fingerprint density at radius 1 is 1.27 bits per heavy atom. The Morgan fingerprint density at radius 2 is 1.91 bits per heavy atom. The third kappa shape index (κ3) is 4.99. The van der Waals surface area contributed by atoms with Crippen molar-refractivity contribution in [3.05, 3.63) is 11.3 Å². The molecule has 1 amide bonds. The van der Waals surface area contributed by atoms with Gasteiger partial charge in [-0.3, -0.25) is 5.32 Å². The Labute approximate surface area is 135 Å². The van der Waals surface area contributed by atoms with E-state index in [0.717, 1.165) is 26.2 Å². The van der Waals surface area contributed by atoms with Gasteiger partial charge in [-0.1, -0.05) is 0 Å². The largest absolute Gasteiger partial charge is 0.444 e. The quantitative estimate of drug-likeness (QED) is 0.840. The summed E-state index contributed by atoms with van der Waals surface area (Å²) >= 11 is 5.96. The molecule has 2 rings (SSSR count). The minimum Gasteiger partial charge on any atom is -0.444 e. The van der Waals surface area contributed by atoms with E-state index in [4.69, 9.17) is 16.3 Å². The number of likely N-dealkylation sites (N-methyl/N-ethyl adjacent to an activating group) is 1. The molecule has 0 radical (unpaired) electrons. The standard InChI is InChI=1S/C14H22ClN5O2/c1-14(2,3)22-13(21)17-10-9-11(18-12(15)16-10)20-7-5-19(4)6-8-20/h9H,5-8H2,1-4H3,(H,16,17,18,21). The van der Waals surface area contributed by atoms with Gasteiger partial charge < -0.3 is 14.5 Å². The maximum Gasteiger partial charge on any atom is 0.413 e. The van der Waals surface area contributed by atoms with E-state index in [0.29, 0.717) is 11.6 Å². The van der Waals surface area contributed by atoms with Gasteiger partial charge in [0, 0.05) is 32.2 Å². The normalized spacial score (nSPS) is 16.5. The van der Waals surface area contributed by atoms with Gasteiger partial charge in [0.2, 0.25) is 5.28 Å². The molecule has 1 fully saturated rings. The minimum atomic E-state index is -0.568. The highest BCUT2D eigenvalue weighted by molar-refractivity contribution is 6.28. The molecule has 2 heterocycles. The molecule has 1 aromatic rings. The second-order valence-electron chi connectivity index (χ2n) is 6.30. The van der Waals surface area contributed by atoms with Crippen molar-refractivity contribution < 1.29 is 9.53 Å². The van der Waals surface area contributed by atoms with Crippen molar-refractivity contribution in [3.8, 4) is 0 Å². The molecule has 0 atom stereocenters. The lowest BCUT2D eigenvalue weighted by Gasteiger charge is -2.33. The van der Waals surface area contributed by atoms with E-state index in [-0.39, 0.29) is 5.28 Å². The van der Waals surface area contributed by atoms with Gasteiger partial charge in [-0.05, 0) is 39.4 Å². The van der Waals surface area contributed by atoms with Gasteiger partial charge in [0.25, 0.3) is 0 Å². The predicted molar refractivity (Wildman–Crippen MR) is 86.6 cm³/mol.